The fourth-order valence-electron chi connectivity index (χ4n) is 1.47. The maximum Gasteiger partial charge on any atom is 0.191 e. The number of thioether (sulfide) groups is 1. The van der Waals surface area contributed by atoms with Crippen molar-refractivity contribution in [1.29, 1.82) is 0 Å². The molecule has 0 aliphatic heterocycles. The number of hydrogen-bond donors (Lipinski definition) is 2. The molecule has 6 nitrogen and oxygen atoms in total. The zero-order chi connectivity index (χ0) is 12.3. The summed E-state index contributed by atoms with van der Waals surface area (Å²) in [5.41, 5.74) is 7.12. The lowest BCUT2D eigenvalue weighted by molar-refractivity contribution is 0.277. The second-order valence-corrected chi connectivity index (χ2v) is 4.64. The van der Waals surface area contributed by atoms with E-state index in [4.69, 9.17) is 10.8 Å². The zero-order valence-electron chi connectivity index (χ0n) is 9.63. The molecule has 0 unspecified atom stereocenters. The first-order chi connectivity index (χ1) is 8.26. The van der Waals surface area contributed by atoms with Crippen molar-refractivity contribution in [3.63, 3.8) is 0 Å². The van der Waals surface area contributed by atoms with Crippen molar-refractivity contribution < 1.29 is 5.11 Å². The van der Waals surface area contributed by atoms with Crippen LogP contribution in [0.4, 0.5) is 5.82 Å². The highest BCUT2D eigenvalue weighted by atomic mass is 32.2. The van der Waals surface area contributed by atoms with E-state index in [9.17, 15) is 0 Å². The van der Waals surface area contributed by atoms with Crippen LogP contribution in [0.2, 0.25) is 0 Å². The van der Waals surface area contributed by atoms with Gasteiger partial charge >= 0.3 is 0 Å². The Kier molecular flexibility index (Phi) is 3.80. The lowest BCUT2D eigenvalue weighted by Gasteiger charge is -2.03. The standard InChI is InChI=1S/C10H15N5OS/c1-2-5-17-10-13-8(11)7-9(14-10)15(3-4-16)6-12-7/h6,16H,2-5H2,1H3,(H2,11,13,14). The minimum Gasteiger partial charge on any atom is -0.395 e. The lowest BCUT2D eigenvalue weighted by atomic mass is 10.5. The molecule has 3 N–H and O–H groups in total. The fourth-order valence-corrected chi connectivity index (χ4v) is 2.18. The molecule has 7 heteroatoms. The van der Waals surface area contributed by atoms with Crippen LogP contribution in [0.5, 0.6) is 0 Å². The summed E-state index contributed by atoms with van der Waals surface area (Å²) >= 11 is 1.57. The Bertz CT molecular complexity index is 513. The Balaban J connectivity index is 2.41. The van der Waals surface area contributed by atoms with E-state index >= 15 is 0 Å². The number of nitrogens with zero attached hydrogens (tertiary/aromatic N) is 4. The minimum atomic E-state index is 0.0484. The molecule has 2 rings (SSSR count). The van der Waals surface area contributed by atoms with Gasteiger partial charge < -0.3 is 15.4 Å². The van der Waals surface area contributed by atoms with Crippen LogP contribution in [0.3, 0.4) is 0 Å². The van der Waals surface area contributed by atoms with Gasteiger partial charge in [0.2, 0.25) is 0 Å². The van der Waals surface area contributed by atoms with Gasteiger partial charge in [-0.15, -0.1) is 0 Å². The third kappa shape index (κ3) is 2.50. The van der Waals surface area contributed by atoms with Gasteiger partial charge in [-0.3, -0.25) is 0 Å². The highest BCUT2D eigenvalue weighted by Gasteiger charge is 2.10. The van der Waals surface area contributed by atoms with Crippen molar-refractivity contribution in [3.05, 3.63) is 6.33 Å². The summed E-state index contributed by atoms with van der Waals surface area (Å²) in [6.07, 6.45) is 2.68. The number of aliphatic hydroxyl groups excluding tert-OH is 1. The van der Waals surface area contributed by atoms with Gasteiger partial charge in [0.1, 0.15) is 5.52 Å². The van der Waals surface area contributed by atoms with Crippen LogP contribution in [0, 0.1) is 0 Å². The Morgan fingerprint density at radius 3 is 3.00 bits per heavy atom. The molecule has 0 fully saturated rings. The summed E-state index contributed by atoms with van der Waals surface area (Å²) in [5.74, 6) is 1.35. The molecule has 0 aliphatic rings. The molecule has 92 valence electrons. The normalized spacial score (nSPS) is 11.2. The van der Waals surface area contributed by atoms with Gasteiger partial charge in [-0.05, 0) is 6.42 Å². The molecular formula is C10H15N5OS. The topological polar surface area (TPSA) is 89.8 Å². The van der Waals surface area contributed by atoms with Crippen molar-refractivity contribution in [3.8, 4) is 0 Å². The van der Waals surface area contributed by atoms with E-state index in [2.05, 4.69) is 21.9 Å². The largest absolute Gasteiger partial charge is 0.395 e. The Hall–Kier alpha value is -1.34. The maximum absolute atomic E-state index is 8.95. The van der Waals surface area contributed by atoms with E-state index < -0.39 is 0 Å². The van der Waals surface area contributed by atoms with E-state index in [1.54, 1.807) is 22.7 Å². The van der Waals surface area contributed by atoms with Crippen LogP contribution in [0.1, 0.15) is 13.3 Å². The van der Waals surface area contributed by atoms with Crippen LogP contribution >= 0.6 is 11.8 Å². The van der Waals surface area contributed by atoms with Gasteiger partial charge in [-0.1, -0.05) is 18.7 Å². The molecule has 0 aliphatic carbocycles. The first kappa shape index (κ1) is 12.1. The number of aliphatic hydroxyl groups is 1. The molecule has 0 bridgehead atoms. The van der Waals surface area contributed by atoms with Gasteiger partial charge in [0.05, 0.1) is 12.9 Å². The van der Waals surface area contributed by atoms with E-state index in [1.807, 2.05) is 0 Å². The molecule has 2 aromatic rings. The minimum absolute atomic E-state index is 0.0484. The molecule has 0 saturated heterocycles. The number of hydrogen-bond acceptors (Lipinski definition) is 6. The average Bonchev–Trinajstić information content (AvgIpc) is 2.71. The van der Waals surface area contributed by atoms with E-state index in [1.165, 1.54) is 0 Å². The third-order valence-corrected chi connectivity index (χ3v) is 3.30. The van der Waals surface area contributed by atoms with Crippen molar-refractivity contribution in [1.82, 2.24) is 19.5 Å². The number of nitrogens with two attached hydrogens (primary N) is 1. The molecule has 0 aromatic carbocycles. The van der Waals surface area contributed by atoms with Crippen molar-refractivity contribution in [2.24, 2.45) is 0 Å². The quantitative estimate of drug-likeness (QED) is 0.608. The first-order valence-electron chi connectivity index (χ1n) is 5.48. The molecule has 0 radical (unpaired) electrons. The summed E-state index contributed by atoms with van der Waals surface area (Å²) in [4.78, 5) is 12.8. The number of nitrogen functional groups attached to an aromatic ring is 1. The second-order valence-electron chi connectivity index (χ2n) is 3.57. The van der Waals surface area contributed by atoms with E-state index in [0.29, 0.717) is 28.7 Å². The van der Waals surface area contributed by atoms with Gasteiger partial charge in [0.15, 0.2) is 16.6 Å². The molecule has 17 heavy (non-hydrogen) atoms. The fraction of sp³-hybridized carbons (Fsp3) is 0.500. The van der Waals surface area contributed by atoms with Crippen LogP contribution in [-0.2, 0) is 6.54 Å². The third-order valence-electron chi connectivity index (χ3n) is 2.25. The van der Waals surface area contributed by atoms with Crippen LogP contribution < -0.4 is 5.73 Å². The second kappa shape index (κ2) is 5.33. The molecule has 0 saturated carbocycles. The molecule has 2 heterocycles. The predicted molar refractivity (Wildman–Crippen MR) is 67.8 cm³/mol. The molecule has 2 aromatic heterocycles. The van der Waals surface area contributed by atoms with Crippen LogP contribution in [0.15, 0.2) is 11.5 Å². The smallest absolute Gasteiger partial charge is 0.191 e. The summed E-state index contributed by atoms with van der Waals surface area (Å²) in [7, 11) is 0. The van der Waals surface area contributed by atoms with E-state index in [0.717, 1.165) is 12.2 Å². The number of imidazole rings is 1. The first-order valence-corrected chi connectivity index (χ1v) is 6.46. The zero-order valence-corrected chi connectivity index (χ0v) is 10.4. The maximum atomic E-state index is 8.95. The summed E-state index contributed by atoms with van der Waals surface area (Å²) < 4.78 is 1.78. The summed E-state index contributed by atoms with van der Waals surface area (Å²) in [6.45, 7) is 2.61. The van der Waals surface area contributed by atoms with Crippen LogP contribution in [-0.4, -0.2) is 37.0 Å². The van der Waals surface area contributed by atoms with Gasteiger partial charge in [-0.25, -0.2) is 15.0 Å². The van der Waals surface area contributed by atoms with Crippen molar-refractivity contribution >= 4 is 28.7 Å². The number of fused-ring (bicyclic) bond motifs is 1. The monoisotopic (exact) mass is 253 g/mol. The summed E-state index contributed by atoms with van der Waals surface area (Å²) in [6, 6.07) is 0. The van der Waals surface area contributed by atoms with Gasteiger partial charge in [0, 0.05) is 12.3 Å². The highest BCUT2D eigenvalue weighted by Crippen LogP contribution is 2.21. The number of aromatic nitrogens is 4. The number of anilines is 1. The van der Waals surface area contributed by atoms with E-state index in [-0.39, 0.29) is 6.61 Å². The lowest BCUT2D eigenvalue weighted by Crippen LogP contribution is -2.03. The van der Waals surface area contributed by atoms with Crippen molar-refractivity contribution in [2.75, 3.05) is 18.1 Å². The molecular weight excluding hydrogens is 238 g/mol. The molecule has 0 amide bonds. The molecule has 0 spiro atoms. The molecule has 0 atom stereocenters. The Morgan fingerprint density at radius 2 is 2.29 bits per heavy atom. The Morgan fingerprint density at radius 1 is 1.47 bits per heavy atom. The van der Waals surface area contributed by atoms with Gasteiger partial charge in [0.25, 0.3) is 0 Å². The average molecular weight is 253 g/mol. The van der Waals surface area contributed by atoms with Gasteiger partial charge in [-0.2, -0.15) is 0 Å². The Labute approximate surface area is 103 Å². The highest BCUT2D eigenvalue weighted by molar-refractivity contribution is 7.99. The predicted octanol–water partition coefficient (Wildman–Crippen LogP) is 0.903. The number of rotatable bonds is 5. The van der Waals surface area contributed by atoms with Crippen molar-refractivity contribution in [2.45, 2.75) is 25.0 Å². The SMILES string of the molecule is CCCSc1nc(N)c2ncn(CCO)c2n1. The van der Waals surface area contributed by atoms with Crippen LogP contribution in [0.25, 0.3) is 11.2 Å². The summed E-state index contributed by atoms with van der Waals surface area (Å²) in [5, 5.41) is 9.61.